The van der Waals surface area contributed by atoms with Crippen molar-refractivity contribution >= 4 is 17.0 Å². The van der Waals surface area contributed by atoms with E-state index in [0.717, 1.165) is 11.3 Å². The van der Waals surface area contributed by atoms with Gasteiger partial charge in [0.15, 0.2) is 0 Å². The van der Waals surface area contributed by atoms with E-state index in [-0.39, 0.29) is 0 Å². The summed E-state index contributed by atoms with van der Waals surface area (Å²) in [5.41, 5.74) is 7.81. The maximum absolute atomic E-state index is 9.06. The van der Waals surface area contributed by atoms with Gasteiger partial charge in [-0.2, -0.15) is 5.26 Å². The molecule has 1 aromatic carbocycles. The average Bonchev–Trinajstić information content (AvgIpc) is 2.94. The Balaban J connectivity index is 2.14. The van der Waals surface area contributed by atoms with E-state index in [2.05, 4.69) is 16.0 Å². The van der Waals surface area contributed by atoms with Gasteiger partial charge in [-0.15, -0.1) is 0 Å². The summed E-state index contributed by atoms with van der Waals surface area (Å²) >= 11 is 0. The van der Waals surface area contributed by atoms with Gasteiger partial charge in [-0.1, -0.05) is 6.07 Å². The van der Waals surface area contributed by atoms with Crippen molar-refractivity contribution in [3.63, 3.8) is 0 Å². The third-order valence-corrected chi connectivity index (χ3v) is 2.89. The predicted molar refractivity (Wildman–Crippen MR) is 69.2 cm³/mol. The molecule has 6 nitrogen and oxygen atoms in total. The van der Waals surface area contributed by atoms with Crippen molar-refractivity contribution in [3.05, 3.63) is 41.6 Å². The maximum Gasteiger partial charge on any atom is 0.214 e. The van der Waals surface area contributed by atoms with E-state index in [4.69, 9.17) is 15.4 Å². The summed E-state index contributed by atoms with van der Waals surface area (Å²) in [6.45, 7) is 2.23. The van der Waals surface area contributed by atoms with Crippen LogP contribution in [0.4, 0.5) is 5.95 Å². The van der Waals surface area contributed by atoms with Crippen LogP contribution in [0, 0.1) is 18.3 Å². The Morgan fingerprint density at radius 1 is 1.47 bits per heavy atom. The van der Waals surface area contributed by atoms with E-state index in [0.29, 0.717) is 29.5 Å². The van der Waals surface area contributed by atoms with Crippen LogP contribution < -0.4 is 5.73 Å². The Labute approximate surface area is 109 Å². The number of nitrogen functional groups attached to an aromatic ring is 1. The zero-order valence-electron chi connectivity index (χ0n) is 10.3. The molecule has 3 aromatic rings. The van der Waals surface area contributed by atoms with E-state index in [1.165, 1.54) is 0 Å². The summed E-state index contributed by atoms with van der Waals surface area (Å²) in [6, 6.07) is 7.50. The van der Waals surface area contributed by atoms with Crippen LogP contribution in [0.3, 0.4) is 0 Å². The van der Waals surface area contributed by atoms with Gasteiger partial charge in [-0.25, -0.2) is 9.97 Å². The molecule has 94 valence electrons. The second kappa shape index (κ2) is 4.14. The minimum atomic E-state index is 0.341. The molecule has 2 aromatic heterocycles. The van der Waals surface area contributed by atoms with E-state index in [1.54, 1.807) is 22.9 Å². The molecule has 0 saturated heterocycles. The third kappa shape index (κ3) is 1.81. The summed E-state index contributed by atoms with van der Waals surface area (Å²) in [6.07, 6.45) is 1.66. The first kappa shape index (κ1) is 11.3. The second-order valence-corrected chi connectivity index (χ2v) is 4.21. The van der Waals surface area contributed by atoms with Crippen molar-refractivity contribution in [1.82, 2.24) is 14.5 Å². The number of nitrogens with two attached hydrogens (primary N) is 1. The molecule has 0 fully saturated rings. The molecule has 0 aliphatic carbocycles. The standard InChI is InChI=1S/C13H11N5O/c1-8-6-16-11(19-8)7-18-10-4-2-3-9(5-14)12(10)17-13(18)15/h2-4,6H,7H2,1H3,(H2,15,17). The Bertz CT molecular complexity index is 793. The van der Waals surface area contributed by atoms with Crippen molar-refractivity contribution < 1.29 is 4.42 Å². The Hall–Kier alpha value is -2.81. The summed E-state index contributed by atoms with van der Waals surface area (Å²) in [7, 11) is 0. The van der Waals surface area contributed by atoms with E-state index < -0.39 is 0 Å². The van der Waals surface area contributed by atoms with E-state index in [9.17, 15) is 0 Å². The number of anilines is 1. The van der Waals surface area contributed by atoms with Crippen LogP contribution in [-0.4, -0.2) is 14.5 Å². The van der Waals surface area contributed by atoms with Crippen LogP contribution in [-0.2, 0) is 6.54 Å². The molecular formula is C13H11N5O. The van der Waals surface area contributed by atoms with Crippen molar-refractivity contribution in [2.45, 2.75) is 13.5 Å². The molecule has 0 spiro atoms. The molecule has 3 rings (SSSR count). The first-order chi connectivity index (χ1) is 9.19. The summed E-state index contributed by atoms with van der Waals surface area (Å²) in [5, 5.41) is 9.06. The number of aryl methyl sites for hydroxylation is 1. The van der Waals surface area contributed by atoms with Crippen molar-refractivity contribution in [2.24, 2.45) is 0 Å². The molecule has 0 aliphatic rings. The van der Waals surface area contributed by atoms with Crippen molar-refractivity contribution in [3.8, 4) is 6.07 Å². The van der Waals surface area contributed by atoms with E-state index in [1.807, 2.05) is 13.0 Å². The van der Waals surface area contributed by atoms with Gasteiger partial charge in [0.25, 0.3) is 0 Å². The van der Waals surface area contributed by atoms with Gasteiger partial charge in [-0.05, 0) is 19.1 Å². The first-order valence-corrected chi connectivity index (χ1v) is 5.75. The average molecular weight is 253 g/mol. The molecule has 2 heterocycles. The highest BCUT2D eigenvalue weighted by Gasteiger charge is 2.13. The van der Waals surface area contributed by atoms with Crippen LogP contribution in [0.25, 0.3) is 11.0 Å². The van der Waals surface area contributed by atoms with Gasteiger partial charge in [0.1, 0.15) is 23.9 Å². The smallest absolute Gasteiger partial charge is 0.214 e. The fourth-order valence-electron chi connectivity index (χ4n) is 2.03. The zero-order valence-corrected chi connectivity index (χ0v) is 10.3. The number of fused-ring (bicyclic) bond motifs is 1. The number of hydrogen-bond donors (Lipinski definition) is 1. The fourth-order valence-corrected chi connectivity index (χ4v) is 2.03. The lowest BCUT2D eigenvalue weighted by Gasteiger charge is -2.02. The lowest BCUT2D eigenvalue weighted by molar-refractivity contribution is 0.461. The molecule has 6 heteroatoms. The monoisotopic (exact) mass is 253 g/mol. The van der Waals surface area contributed by atoms with Gasteiger partial charge in [-0.3, -0.25) is 0 Å². The fraction of sp³-hybridized carbons (Fsp3) is 0.154. The maximum atomic E-state index is 9.06. The molecule has 0 unspecified atom stereocenters. The lowest BCUT2D eigenvalue weighted by Crippen LogP contribution is -2.04. The number of para-hydroxylation sites is 1. The van der Waals surface area contributed by atoms with Crippen LogP contribution in [0.2, 0.25) is 0 Å². The normalized spacial score (nSPS) is 10.7. The van der Waals surface area contributed by atoms with Crippen LogP contribution in [0.5, 0.6) is 0 Å². The van der Waals surface area contributed by atoms with Crippen LogP contribution in [0.15, 0.2) is 28.8 Å². The predicted octanol–water partition coefficient (Wildman–Crippen LogP) is 1.83. The topological polar surface area (TPSA) is 93.7 Å². The van der Waals surface area contributed by atoms with Crippen LogP contribution in [0.1, 0.15) is 17.2 Å². The number of rotatable bonds is 2. The molecule has 19 heavy (non-hydrogen) atoms. The molecular weight excluding hydrogens is 242 g/mol. The summed E-state index contributed by atoms with van der Waals surface area (Å²) in [5.74, 6) is 1.65. The van der Waals surface area contributed by atoms with E-state index >= 15 is 0 Å². The largest absolute Gasteiger partial charge is 0.444 e. The molecule has 0 amide bonds. The van der Waals surface area contributed by atoms with Crippen molar-refractivity contribution in [2.75, 3.05) is 5.73 Å². The number of imidazole rings is 1. The number of aromatic nitrogens is 3. The molecule has 0 saturated carbocycles. The highest BCUT2D eigenvalue weighted by Crippen LogP contribution is 2.22. The van der Waals surface area contributed by atoms with Crippen LogP contribution >= 0.6 is 0 Å². The summed E-state index contributed by atoms with van der Waals surface area (Å²) in [4.78, 5) is 8.38. The third-order valence-electron chi connectivity index (χ3n) is 2.89. The van der Waals surface area contributed by atoms with Gasteiger partial charge >= 0.3 is 0 Å². The van der Waals surface area contributed by atoms with Crippen molar-refractivity contribution in [1.29, 1.82) is 5.26 Å². The van der Waals surface area contributed by atoms with Gasteiger partial charge < -0.3 is 14.7 Å². The highest BCUT2D eigenvalue weighted by atomic mass is 16.4. The number of nitrogens with zero attached hydrogens (tertiary/aromatic N) is 4. The second-order valence-electron chi connectivity index (χ2n) is 4.21. The highest BCUT2D eigenvalue weighted by molar-refractivity contribution is 5.84. The number of nitriles is 1. The minimum Gasteiger partial charge on any atom is -0.444 e. The number of benzene rings is 1. The molecule has 0 bridgehead atoms. The van der Waals surface area contributed by atoms with Gasteiger partial charge in [0.2, 0.25) is 11.8 Å². The molecule has 0 atom stereocenters. The van der Waals surface area contributed by atoms with Gasteiger partial charge in [0, 0.05) is 0 Å². The number of hydrogen-bond acceptors (Lipinski definition) is 5. The summed E-state index contributed by atoms with van der Waals surface area (Å²) < 4.78 is 7.22. The Morgan fingerprint density at radius 2 is 2.32 bits per heavy atom. The molecule has 0 radical (unpaired) electrons. The number of oxazole rings is 1. The minimum absolute atomic E-state index is 0.341. The molecule has 0 aliphatic heterocycles. The Kier molecular flexibility index (Phi) is 2.46. The SMILES string of the molecule is Cc1cnc(Cn2c(N)nc3c(C#N)cccc32)o1. The quantitative estimate of drug-likeness (QED) is 0.752. The lowest BCUT2D eigenvalue weighted by atomic mass is 10.2. The van der Waals surface area contributed by atoms with Gasteiger partial charge in [0.05, 0.1) is 17.3 Å². The zero-order chi connectivity index (χ0) is 13.4. The Morgan fingerprint density at radius 3 is 3.00 bits per heavy atom. The first-order valence-electron chi connectivity index (χ1n) is 5.75. The molecule has 2 N–H and O–H groups in total.